The van der Waals surface area contributed by atoms with Crippen LogP contribution in [-0.4, -0.2) is 39.1 Å². The van der Waals surface area contributed by atoms with Crippen molar-refractivity contribution in [2.75, 3.05) is 23.7 Å². The van der Waals surface area contributed by atoms with E-state index < -0.39 is 0 Å². The first-order valence-electron chi connectivity index (χ1n) is 9.70. The van der Waals surface area contributed by atoms with E-state index in [-0.39, 0.29) is 5.91 Å². The highest BCUT2D eigenvalue weighted by Crippen LogP contribution is 2.24. The lowest BCUT2D eigenvalue weighted by Crippen LogP contribution is -2.30. The average molecular weight is 393 g/mol. The predicted molar refractivity (Wildman–Crippen MR) is 108 cm³/mol. The first-order chi connectivity index (χ1) is 14.2. The Morgan fingerprint density at radius 2 is 1.90 bits per heavy atom. The molecular weight excluding hydrogens is 370 g/mol. The van der Waals surface area contributed by atoms with E-state index in [4.69, 9.17) is 4.52 Å². The zero-order valence-electron chi connectivity index (χ0n) is 16.2. The number of pyridine rings is 1. The normalized spacial score (nSPS) is 12.9. The molecule has 1 amide bonds. The Hall–Kier alpha value is -3.49. The number of amides is 1. The second-order valence-corrected chi connectivity index (χ2v) is 6.95. The standard InChI is InChI=1S/C20H23N7O2/c1-13-6-7-21-17(10-13)26-18-11-16(24-12-25-18)22-8-9-23-20(28)19-14-4-2-3-5-15(14)29-27-19/h6-7,10-12H,2-5,8-9H2,1H3,(H,23,28)(H2,21,22,24,25,26). The van der Waals surface area contributed by atoms with Crippen molar-refractivity contribution in [1.29, 1.82) is 0 Å². The Morgan fingerprint density at radius 1 is 1.07 bits per heavy atom. The van der Waals surface area contributed by atoms with Crippen LogP contribution in [0.15, 0.2) is 35.2 Å². The monoisotopic (exact) mass is 393 g/mol. The van der Waals surface area contributed by atoms with E-state index in [0.29, 0.717) is 30.4 Å². The van der Waals surface area contributed by atoms with Crippen molar-refractivity contribution in [3.05, 3.63) is 53.3 Å². The van der Waals surface area contributed by atoms with Crippen LogP contribution in [-0.2, 0) is 12.8 Å². The molecule has 0 saturated carbocycles. The Morgan fingerprint density at radius 3 is 2.79 bits per heavy atom. The maximum atomic E-state index is 12.4. The van der Waals surface area contributed by atoms with Crippen molar-refractivity contribution in [1.82, 2.24) is 25.4 Å². The molecule has 1 aliphatic carbocycles. The maximum absolute atomic E-state index is 12.4. The Balaban J connectivity index is 1.27. The minimum Gasteiger partial charge on any atom is -0.368 e. The summed E-state index contributed by atoms with van der Waals surface area (Å²) in [4.78, 5) is 25.0. The van der Waals surface area contributed by atoms with Gasteiger partial charge in [-0.3, -0.25) is 4.79 Å². The molecule has 3 heterocycles. The molecule has 0 bridgehead atoms. The summed E-state index contributed by atoms with van der Waals surface area (Å²) in [6.45, 7) is 2.96. The van der Waals surface area contributed by atoms with Crippen LogP contribution in [0.1, 0.15) is 40.2 Å². The van der Waals surface area contributed by atoms with Crippen LogP contribution >= 0.6 is 0 Å². The molecule has 0 aliphatic heterocycles. The molecule has 0 atom stereocenters. The van der Waals surface area contributed by atoms with Crippen molar-refractivity contribution in [3.8, 4) is 0 Å². The van der Waals surface area contributed by atoms with E-state index in [2.05, 4.69) is 36.1 Å². The van der Waals surface area contributed by atoms with E-state index >= 15 is 0 Å². The van der Waals surface area contributed by atoms with Gasteiger partial charge in [0.05, 0.1) is 0 Å². The van der Waals surface area contributed by atoms with Gasteiger partial charge in [0.1, 0.15) is 29.5 Å². The molecule has 0 fully saturated rings. The Bertz CT molecular complexity index is 1000. The number of nitrogens with zero attached hydrogens (tertiary/aromatic N) is 4. The average Bonchev–Trinajstić information content (AvgIpc) is 3.16. The molecule has 0 radical (unpaired) electrons. The van der Waals surface area contributed by atoms with Crippen molar-refractivity contribution in [3.63, 3.8) is 0 Å². The minimum atomic E-state index is -0.200. The van der Waals surface area contributed by atoms with Crippen LogP contribution in [0.3, 0.4) is 0 Å². The third kappa shape index (κ3) is 4.68. The fraction of sp³-hybridized carbons (Fsp3) is 0.350. The lowest BCUT2D eigenvalue weighted by atomic mass is 9.96. The van der Waals surface area contributed by atoms with Crippen LogP contribution < -0.4 is 16.0 Å². The number of hydrogen-bond donors (Lipinski definition) is 3. The summed E-state index contributed by atoms with van der Waals surface area (Å²) >= 11 is 0. The van der Waals surface area contributed by atoms with Gasteiger partial charge < -0.3 is 20.5 Å². The summed E-state index contributed by atoms with van der Waals surface area (Å²) in [5.41, 5.74) is 2.48. The topological polar surface area (TPSA) is 118 Å². The molecule has 150 valence electrons. The second-order valence-electron chi connectivity index (χ2n) is 6.95. The Kier molecular flexibility index (Phi) is 5.64. The van der Waals surface area contributed by atoms with Crippen LogP contribution in [0.4, 0.5) is 17.5 Å². The SMILES string of the molecule is Cc1ccnc(Nc2cc(NCCNC(=O)c3noc4c3CCCC4)ncn2)c1. The molecule has 0 aromatic carbocycles. The predicted octanol–water partition coefficient (Wildman–Crippen LogP) is 2.63. The number of anilines is 3. The van der Waals surface area contributed by atoms with E-state index in [1.807, 2.05) is 19.1 Å². The van der Waals surface area contributed by atoms with Gasteiger partial charge in [-0.05, 0) is 43.9 Å². The van der Waals surface area contributed by atoms with Gasteiger partial charge in [0.25, 0.3) is 5.91 Å². The number of aryl methyl sites for hydroxylation is 2. The number of aromatic nitrogens is 4. The number of rotatable bonds is 7. The van der Waals surface area contributed by atoms with Crippen molar-refractivity contribution in [2.45, 2.75) is 32.6 Å². The first-order valence-corrected chi connectivity index (χ1v) is 9.70. The van der Waals surface area contributed by atoms with Crippen molar-refractivity contribution in [2.24, 2.45) is 0 Å². The van der Waals surface area contributed by atoms with Crippen molar-refractivity contribution >= 4 is 23.4 Å². The van der Waals surface area contributed by atoms with Crippen LogP contribution in [0, 0.1) is 6.92 Å². The summed E-state index contributed by atoms with van der Waals surface area (Å²) in [6.07, 6.45) is 7.08. The molecule has 3 N–H and O–H groups in total. The third-order valence-corrected chi connectivity index (χ3v) is 4.72. The molecule has 3 aromatic heterocycles. The number of carbonyl (C=O) groups excluding carboxylic acids is 1. The highest BCUT2D eigenvalue weighted by Gasteiger charge is 2.23. The van der Waals surface area contributed by atoms with E-state index in [0.717, 1.165) is 48.4 Å². The Labute approximate surface area is 168 Å². The molecule has 0 saturated heterocycles. The van der Waals surface area contributed by atoms with Crippen LogP contribution in [0.25, 0.3) is 0 Å². The largest absolute Gasteiger partial charge is 0.368 e. The van der Waals surface area contributed by atoms with Gasteiger partial charge in [0, 0.05) is 37.3 Å². The molecule has 4 rings (SSSR count). The molecule has 0 spiro atoms. The summed E-state index contributed by atoms with van der Waals surface area (Å²) in [7, 11) is 0. The number of fused-ring (bicyclic) bond motifs is 1. The maximum Gasteiger partial charge on any atom is 0.273 e. The number of nitrogens with one attached hydrogen (secondary N) is 3. The third-order valence-electron chi connectivity index (χ3n) is 4.72. The molecule has 29 heavy (non-hydrogen) atoms. The molecule has 9 nitrogen and oxygen atoms in total. The number of carbonyl (C=O) groups is 1. The summed E-state index contributed by atoms with van der Waals surface area (Å²) in [5.74, 6) is 2.66. The minimum absolute atomic E-state index is 0.200. The van der Waals surface area contributed by atoms with Gasteiger partial charge >= 0.3 is 0 Å². The molecule has 0 unspecified atom stereocenters. The number of hydrogen-bond acceptors (Lipinski definition) is 8. The van der Waals surface area contributed by atoms with Gasteiger partial charge in [0.2, 0.25) is 0 Å². The zero-order valence-corrected chi connectivity index (χ0v) is 16.2. The van der Waals surface area contributed by atoms with Crippen LogP contribution in [0.5, 0.6) is 0 Å². The fourth-order valence-electron chi connectivity index (χ4n) is 3.27. The first kappa shape index (κ1) is 18.9. The van der Waals surface area contributed by atoms with Crippen LogP contribution in [0.2, 0.25) is 0 Å². The van der Waals surface area contributed by atoms with E-state index in [9.17, 15) is 4.79 Å². The summed E-state index contributed by atoms with van der Waals surface area (Å²) < 4.78 is 5.30. The smallest absolute Gasteiger partial charge is 0.273 e. The second kappa shape index (κ2) is 8.68. The lowest BCUT2D eigenvalue weighted by Gasteiger charge is -2.10. The zero-order chi connectivity index (χ0) is 20.1. The fourth-order valence-corrected chi connectivity index (χ4v) is 3.27. The summed E-state index contributed by atoms with van der Waals surface area (Å²) in [6, 6.07) is 5.66. The van der Waals surface area contributed by atoms with Gasteiger partial charge in [-0.2, -0.15) is 0 Å². The quantitative estimate of drug-likeness (QED) is 0.524. The van der Waals surface area contributed by atoms with Crippen molar-refractivity contribution < 1.29 is 9.32 Å². The van der Waals surface area contributed by atoms with Gasteiger partial charge in [-0.15, -0.1) is 0 Å². The lowest BCUT2D eigenvalue weighted by molar-refractivity contribution is 0.0945. The summed E-state index contributed by atoms with van der Waals surface area (Å²) in [5, 5.41) is 13.1. The molecular formula is C20H23N7O2. The van der Waals surface area contributed by atoms with Gasteiger partial charge in [-0.1, -0.05) is 5.16 Å². The van der Waals surface area contributed by atoms with E-state index in [1.165, 1.54) is 6.33 Å². The van der Waals surface area contributed by atoms with E-state index in [1.54, 1.807) is 12.3 Å². The van der Waals surface area contributed by atoms with Gasteiger partial charge in [0.15, 0.2) is 5.69 Å². The highest BCUT2D eigenvalue weighted by molar-refractivity contribution is 5.93. The van der Waals surface area contributed by atoms with Gasteiger partial charge in [-0.25, -0.2) is 15.0 Å². The highest BCUT2D eigenvalue weighted by atomic mass is 16.5. The molecule has 1 aliphatic rings. The molecule has 3 aromatic rings. The molecule has 9 heteroatoms.